The first-order valence-electron chi connectivity index (χ1n) is 7.02. The van der Waals surface area contributed by atoms with Gasteiger partial charge in [0.1, 0.15) is 5.82 Å². The summed E-state index contributed by atoms with van der Waals surface area (Å²) >= 11 is 0. The number of pyridine rings is 1. The quantitative estimate of drug-likeness (QED) is 0.784. The zero-order valence-electron chi connectivity index (χ0n) is 11.9. The molecule has 0 amide bonds. The molecule has 3 aromatic rings. The minimum absolute atomic E-state index is 0.149. The predicted octanol–water partition coefficient (Wildman–Crippen LogP) is 3.88. The summed E-state index contributed by atoms with van der Waals surface area (Å²) < 4.78 is 13.3. The van der Waals surface area contributed by atoms with E-state index in [2.05, 4.69) is 28.5 Å². The summed E-state index contributed by atoms with van der Waals surface area (Å²) in [5.41, 5.74) is 3.16. The van der Waals surface area contributed by atoms with Crippen LogP contribution in [0, 0.1) is 5.82 Å². The third-order valence-corrected chi connectivity index (χ3v) is 3.71. The van der Waals surface area contributed by atoms with E-state index in [4.69, 9.17) is 0 Å². The Morgan fingerprint density at radius 3 is 2.81 bits per heavy atom. The summed E-state index contributed by atoms with van der Waals surface area (Å²) in [6.07, 6.45) is 2.55. The number of likely N-dealkylation sites (N-methyl/N-ethyl adjacent to an activating group) is 1. The van der Waals surface area contributed by atoms with E-state index in [1.54, 1.807) is 18.3 Å². The van der Waals surface area contributed by atoms with E-state index in [0.29, 0.717) is 0 Å². The van der Waals surface area contributed by atoms with E-state index in [0.717, 1.165) is 22.9 Å². The second-order valence-electron chi connectivity index (χ2n) is 5.13. The van der Waals surface area contributed by atoms with E-state index < -0.39 is 0 Å². The van der Waals surface area contributed by atoms with Crippen LogP contribution in [0.3, 0.4) is 0 Å². The number of nitrogens with one attached hydrogen (secondary N) is 1. The Bertz CT molecular complexity index is 755. The van der Waals surface area contributed by atoms with E-state index >= 15 is 0 Å². The summed E-state index contributed by atoms with van der Waals surface area (Å²) in [6.45, 7) is 0. The van der Waals surface area contributed by atoms with Crippen LogP contribution in [0.25, 0.3) is 10.9 Å². The molecule has 0 saturated heterocycles. The molecule has 2 nitrogen and oxygen atoms in total. The molecule has 0 radical (unpaired) electrons. The van der Waals surface area contributed by atoms with Crippen molar-refractivity contribution in [1.29, 1.82) is 0 Å². The predicted molar refractivity (Wildman–Crippen MR) is 83.6 cm³/mol. The molecule has 0 aliphatic rings. The number of rotatable bonds is 4. The molecule has 2 aromatic carbocycles. The zero-order valence-corrected chi connectivity index (χ0v) is 11.9. The number of aromatic nitrogens is 1. The van der Waals surface area contributed by atoms with E-state index in [-0.39, 0.29) is 11.9 Å². The molecular formula is C18H17FN2. The molecular weight excluding hydrogens is 263 g/mol. The van der Waals surface area contributed by atoms with Gasteiger partial charge in [0.15, 0.2) is 0 Å². The molecule has 0 spiro atoms. The van der Waals surface area contributed by atoms with Crippen molar-refractivity contribution >= 4 is 10.9 Å². The van der Waals surface area contributed by atoms with Gasteiger partial charge >= 0.3 is 0 Å². The largest absolute Gasteiger partial charge is 0.313 e. The van der Waals surface area contributed by atoms with Gasteiger partial charge in [-0.05, 0) is 54.9 Å². The van der Waals surface area contributed by atoms with Crippen LogP contribution in [0.2, 0.25) is 0 Å². The molecule has 0 saturated carbocycles. The van der Waals surface area contributed by atoms with Gasteiger partial charge < -0.3 is 5.32 Å². The standard InChI is InChI=1S/C18H17FN2/c1-20-18(11-13-4-2-6-16(19)10-13)15-7-8-17-14(12-15)5-3-9-21-17/h2-10,12,18,20H,11H2,1H3. The van der Waals surface area contributed by atoms with E-state index in [9.17, 15) is 4.39 Å². The summed E-state index contributed by atoms with van der Waals surface area (Å²) in [5, 5.41) is 4.43. The lowest BCUT2D eigenvalue weighted by molar-refractivity contribution is 0.584. The lowest BCUT2D eigenvalue weighted by atomic mass is 9.97. The van der Waals surface area contributed by atoms with Crippen molar-refractivity contribution in [1.82, 2.24) is 10.3 Å². The highest BCUT2D eigenvalue weighted by atomic mass is 19.1. The molecule has 1 heterocycles. The number of nitrogens with zero attached hydrogens (tertiary/aromatic N) is 1. The van der Waals surface area contributed by atoms with Crippen LogP contribution >= 0.6 is 0 Å². The number of benzene rings is 2. The van der Waals surface area contributed by atoms with Gasteiger partial charge in [-0.15, -0.1) is 0 Å². The summed E-state index contributed by atoms with van der Waals surface area (Å²) in [5.74, 6) is -0.190. The summed E-state index contributed by atoms with van der Waals surface area (Å²) in [6, 6.07) is 17.2. The fourth-order valence-electron chi connectivity index (χ4n) is 2.60. The van der Waals surface area contributed by atoms with Gasteiger partial charge in [-0.3, -0.25) is 4.98 Å². The zero-order chi connectivity index (χ0) is 14.7. The first-order chi connectivity index (χ1) is 10.3. The maximum absolute atomic E-state index is 13.3. The van der Waals surface area contributed by atoms with Crippen LogP contribution in [0.15, 0.2) is 60.8 Å². The van der Waals surface area contributed by atoms with Gasteiger partial charge in [0.25, 0.3) is 0 Å². The molecule has 0 bridgehead atoms. The van der Waals surface area contributed by atoms with Gasteiger partial charge in [-0.25, -0.2) is 4.39 Å². The normalized spacial score (nSPS) is 12.5. The highest BCUT2D eigenvalue weighted by Gasteiger charge is 2.11. The van der Waals surface area contributed by atoms with Gasteiger partial charge in [0, 0.05) is 17.6 Å². The van der Waals surface area contributed by atoms with E-state index in [1.165, 1.54) is 11.6 Å². The Morgan fingerprint density at radius 2 is 2.00 bits per heavy atom. The van der Waals surface area contributed by atoms with Crippen molar-refractivity contribution in [3.05, 3.63) is 77.7 Å². The monoisotopic (exact) mass is 280 g/mol. The fraction of sp³-hybridized carbons (Fsp3) is 0.167. The molecule has 106 valence electrons. The van der Waals surface area contributed by atoms with Crippen LogP contribution in [0.4, 0.5) is 4.39 Å². The van der Waals surface area contributed by atoms with Crippen molar-refractivity contribution < 1.29 is 4.39 Å². The smallest absolute Gasteiger partial charge is 0.123 e. The van der Waals surface area contributed by atoms with Gasteiger partial charge in [-0.2, -0.15) is 0 Å². The minimum atomic E-state index is -0.190. The number of fused-ring (bicyclic) bond motifs is 1. The van der Waals surface area contributed by atoms with Crippen LogP contribution in [0.1, 0.15) is 17.2 Å². The molecule has 3 heteroatoms. The Hall–Kier alpha value is -2.26. The summed E-state index contributed by atoms with van der Waals surface area (Å²) in [7, 11) is 1.93. The lowest BCUT2D eigenvalue weighted by Crippen LogP contribution is -2.18. The first kappa shape index (κ1) is 13.7. The van der Waals surface area contributed by atoms with E-state index in [1.807, 2.05) is 25.2 Å². The van der Waals surface area contributed by atoms with Gasteiger partial charge in [0.05, 0.1) is 5.52 Å². The second-order valence-corrected chi connectivity index (χ2v) is 5.13. The van der Waals surface area contributed by atoms with Crippen molar-refractivity contribution in [3.8, 4) is 0 Å². The highest BCUT2D eigenvalue weighted by molar-refractivity contribution is 5.79. The van der Waals surface area contributed by atoms with Crippen molar-refractivity contribution in [2.45, 2.75) is 12.5 Å². The molecule has 1 N–H and O–H groups in total. The van der Waals surface area contributed by atoms with Crippen LogP contribution in [-0.4, -0.2) is 12.0 Å². The SMILES string of the molecule is CNC(Cc1cccc(F)c1)c1ccc2ncccc2c1. The fourth-order valence-corrected chi connectivity index (χ4v) is 2.60. The second kappa shape index (κ2) is 6.02. The van der Waals surface area contributed by atoms with Gasteiger partial charge in [-0.1, -0.05) is 24.3 Å². The molecule has 21 heavy (non-hydrogen) atoms. The van der Waals surface area contributed by atoms with Crippen LogP contribution < -0.4 is 5.32 Å². The molecule has 1 unspecified atom stereocenters. The molecule has 0 aliphatic carbocycles. The van der Waals surface area contributed by atoms with Crippen LogP contribution in [0.5, 0.6) is 0 Å². The van der Waals surface area contributed by atoms with Gasteiger partial charge in [0.2, 0.25) is 0 Å². The maximum Gasteiger partial charge on any atom is 0.123 e. The highest BCUT2D eigenvalue weighted by Crippen LogP contribution is 2.22. The number of halogens is 1. The Kier molecular flexibility index (Phi) is 3.93. The third-order valence-electron chi connectivity index (χ3n) is 3.71. The molecule has 0 aliphatic heterocycles. The molecule has 1 aromatic heterocycles. The molecule has 1 atom stereocenters. The average Bonchev–Trinajstić information content (AvgIpc) is 2.52. The topological polar surface area (TPSA) is 24.9 Å². The average molecular weight is 280 g/mol. The molecule has 3 rings (SSSR count). The van der Waals surface area contributed by atoms with Crippen molar-refractivity contribution in [2.75, 3.05) is 7.05 Å². The van der Waals surface area contributed by atoms with Crippen molar-refractivity contribution in [3.63, 3.8) is 0 Å². The number of hydrogen-bond acceptors (Lipinski definition) is 2. The minimum Gasteiger partial charge on any atom is -0.313 e. The van der Waals surface area contributed by atoms with Crippen molar-refractivity contribution in [2.24, 2.45) is 0 Å². The Morgan fingerprint density at radius 1 is 1.10 bits per heavy atom. The van der Waals surface area contributed by atoms with Crippen LogP contribution in [-0.2, 0) is 6.42 Å². The Labute approximate surface area is 123 Å². The third kappa shape index (κ3) is 3.09. The first-order valence-corrected chi connectivity index (χ1v) is 7.02. The Balaban J connectivity index is 1.90. The number of hydrogen-bond donors (Lipinski definition) is 1. The lowest BCUT2D eigenvalue weighted by Gasteiger charge is -2.17. The molecule has 0 fully saturated rings. The maximum atomic E-state index is 13.3. The summed E-state index contributed by atoms with van der Waals surface area (Å²) in [4.78, 5) is 4.33.